The number of benzene rings is 2. The van der Waals surface area contributed by atoms with Crippen LogP contribution in [0.2, 0.25) is 0 Å². The molecule has 0 atom stereocenters. The summed E-state index contributed by atoms with van der Waals surface area (Å²) in [7, 11) is 0. The topological polar surface area (TPSA) is 0 Å². The van der Waals surface area contributed by atoms with Gasteiger partial charge < -0.3 is 0 Å². The first-order chi connectivity index (χ1) is 8.31. The number of thiol groups is 2. The van der Waals surface area contributed by atoms with Crippen LogP contribution in [-0.4, -0.2) is 0 Å². The maximum absolute atomic E-state index is 4.34. The molecule has 0 aliphatic carbocycles. The molecule has 0 spiro atoms. The van der Waals surface area contributed by atoms with Crippen molar-refractivity contribution in [2.45, 2.75) is 11.5 Å². The molecule has 0 amide bonds. The van der Waals surface area contributed by atoms with Gasteiger partial charge in [0.1, 0.15) is 0 Å². The fourth-order valence-corrected chi connectivity index (χ4v) is 3.53. The van der Waals surface area contributed by atoms with Gasteiger partial charge in [0.15, 0.2) is 0 Å². The molecule has 0 aliphatic rings. The van der Waals surface area contributed by atoms with Crippen molar-refractivity contribution in [1.29, 1.82) is 0 Å². The number of rotatable bonds is 2. The highest BCUT2D eigenvalue weighted by Crippen LogP contribution is 2.35. The van der Waals surface area contributed by atoms with Crippen LogP contribution in [-0.2, 0) is 11.5 Å². The maximum Gasteiger partial charge on any atom is 0.0355 e. The molecular formula is C14H12S3. The van der Waals surface area contributed by atoms with Crippen LogP contribution in [0, 0.1) is 0 Å². The summed E-state index contributed by atoms with van der Waals surface area (Å²) in [5.74, 6) is 1.58. The number of hydrogen-bond acceptors (Lipinski definition) is 3. The van der Waals surface area contributed by atoms with Gasteiger partial charge in [-0.3, -0.25) is 0 Å². The average Bonchev–Trinajstić information content (AvgIpc) is 2.75. The highest BCUT2D eigenvalue weighted by Gasteiger charge is 2.06. The van der Waals surface area contributed by atoms with Crippen molar-refractivity contribution in [2.75, 3.05) is 0 Å². The van der Waals surface area contributed by atoms with E-state index in [0.29, 0.717) is 0 Å². The molecule has 1 aromatic heterocycles. The van der Waals surface area contributed by atoms with E-state index in [4.69, 9.17) is 0 Å². The quantitative estimate of drug-likeness (QED) is 0.610. The zero-order valence-corrected chi connectivity index (χ0v) is 11.8. The highest BCUT2D eigenvalue weighted by molar-refractivity contribution is 7.79. The van der Waals surface area contributed by atoms with Gasteiger partial charge in [0.05, 0.1) is 0 Å². The van der Waals surface area contributed by atoms with Crippen molar-refractivity contribution in [3.8, 4) is 0 Å². The van der Waals surface area contributed by atoms with Crippen LogP contribution in [0.4, 0.5) is 0 Å². The molecule has 0 unspecified atom stereocenters. The van der Waals surface area contributed by atoms with E-state index >= 15 is 0 Å². The van der Waals surface area contributed by atoms with Crippen LogP contribution < -0.4 is 0 Å². The minimum absolute atomic E-state index is 0.791. The molecule has 0 aliphatic heterocycles. The molecule has 3 heteroatoms. The zero-order valence-electron chi connectivity index (χ0n) is 9.18. The minimum Gasteiger partial charge on any atom is -0.175 e. The van der Waals surface area contributed by atoms with Crippen molar-refractivity contribution in [2.24, 2.45) is 0 Å². The van der Waals surface area contributed by atoms with E-state index in [1.165, 1.54) is 31.3 Å². The monoisotopic (exact) mass is 276 g/mol. The first-order valence-corrected chi connectivity index (χ1v) is 7.56. The van der Waals surface area contributed by atoms with Crippen molar-refractivity contribution in [3.63, 3.8) is 0 Å². The van der Waals surface area contributed by atoms with E-state index in [1.54, 1.807) is 0 Å². The molecular weight excluding hydrogens is 264 g/mol. The number of hydrogen-bond donors (Lipinski definition) is 2. The predicted octanol–water partition coefficient (Wildman–Crippen LogP) is 4.91. The van der Waals surface area contributed by atoms with Gasteiger partial charge in [-0.1, -0.05) is 12.1 Å². The second-order valence-electron chi connectivity index (χ2n) is 4.08. The zero-order chi connectivity index (χ0) is 11.8. The molecule has 86 valence electrons. The van der Waals surface area contributed by atoms with E-state index in [9.17, 15) is 0 Å². The Morgan fingerprint density at radius 2 is 1.24 bits per heavy atom. The van der Waals surface area contributed by atoms with Gasteiger partial charge in [-0.25, -0.2) is 0 Å². The van der Waals surface area contributed by atoms with E-state index < -0.39 is 0 Å². The Kier molecular flexibility index (Phi) is 3.07. The van der Waals surface area contributed by atoms with E-state index in [0.717, 1.165) is 11.5 Å². The first-order valence-electron chi connectivity index (χ1n) is 5.47. The summed E-state index contributed by atoms with van der Waals surface area (Å²) in [4.78, 5) is 0. The molecule has 0 nitrogen and oxygen atoms in total. The predicted molar refractivity (Wildman–Crippen MR) is 84.7 cm³/mol. The standard InChI is InChI=1S/C14H12S3/c15-7-9-1-3-13-11(5-9)12-6-10(8-16)2-4-14(12)17-13/h1-6,15-16H,7-8H2. The van der Waals surface area contributed by atoms with E-state index in [-0.39, 0.29) is 0 Å². The molecule has 2 aromatic carbocycles. The highest BCUT2D eigenvalue weighted by atomic mass is 32.1. The molecule has 17 heavy (non-hydrogen) atoms. The first kappa shape index (κ1) is 11.5. The lowest BCUT2D eigenvalue weighted by molar-refractivity contribution is 1.45. The van der Waals surface area contributed by atoms with Gasteiger partial charge in [-0.05, 0) is 35.4 Å². The SMILES string of the molecule is SCc1ccc2sc3ccc(CS)cc3c2c1. The Morgan fingerprint density at radius 1 is 0.765 bits per heavy atom. The van der Waals surface area contributed by atoms with Crippen LogP contribution >= 0.6 is 36.6 Å². The molecule has 3 aromatic rings. The fraction of sp³-hybridized carbons (Fsp3) is 0.143. The summed E-state index contributed by atoms with van der Waals surface area (Å²) in [5, 5.41) is 2.69. The van der Waals surface area contributed by atoms with Crippen molar-refractivity contribution < 1.29 is 0 Å². The lowest BCUT2D eigenvalue weighted by atomic mass is 10.1. The van der Waals surface area contributed by atoms with E-state index in [1.807, 2.05) is 11.3 Å². The molecule has 0 radical (unpaired) electrons. The van der Waals surface area contributed by atoms with Gasteiger partial charge >= 0.3 is 0 Å². The summed E-state index contributed by atoms with van der Waals surface area (Å²) in [6.07, 6.45) is 0. The van der Waals surface area contributed by atoms with Crippen molar-refractivity contribution in [1.82, 2.24) is 0 Å². The normalized spacial score (nSPS) is 11.4. The molecule has 0 saturated heterocycles. The van der Waals surface area contributed by atoms with E-state index in [2.05, 4.69) is 61.7 Å². The summed E-state index contributed by atoms with van der Waals surface area (Å²) in [6.45, 7) is 0. The smallest absolute Gasteiger partial charge is 0.0355 e. The number of fused-ring (bicyclic) bond motifs is 3. The Bertz CT molecular complexity index is 624. The lowest BCUT2D eigenvalue weighted by Gasteiger charge is -1.98. The summed E-state index contributed by atoms with van der Waals surface area (Å²) >= 11 is 10.5. The lowest BCUT2D eigenvalue weighted by Crippen LogP contribution is -1.78. The molecule has 1 heterocycles. The molecule has 0 saturated carbocycles. The van der Waals surface area contributed by atoms with Gasteiger partial charge in [-0.2, -0.15) is 25.3 Å². The fourth-order valence-electron chi connectivity index (χ4n) is 2.07. The molecule has 0 N–H and O–H groups in total. The van der Waals surface area contributed by atoms with Crippen LogP contribution in [0.3, 0.4) is 0 Å². The van der Waals surface area contributed by atoms with Crippen LogP contribution in [0.1, 0.15) is 11.1 Å². The van der Waals surface area contributed by atoms with Crippen molar-refractivity contribution >= 4 is 56.8 Å². The second kappa shape index (κ2) is 4.56. The summed E-state index contributed by atoms with van der Waals surface area (Å²) in [5.41, 5.74) is 2.55. The molecule has 0 fully saturated rings. The van der Waals surface area contributed by atoms with Gasteiger partial charge in [0.25, 0.3) is 0 Å². The summed E-state index contributed by atoms with van der Waals surface area (Å²) in [6, 6.07) is 13.2. The second-order valence-corrected chi connectivity index (χ2v) is 5.80. The third-order valence-electron chi connectivity index (χ3n) is 2.96. The largest absolute Gasteiger partial charge is 0.175 e. The number of thiophene rings is 1. The average molecular weight is 276 g/mol. The molecule has 3 rings (SSSR count). The minimum atomic E-state index is 0.791. The molecule has 0 bridgehead atoms. The third kappa shape index (κ3) is 1.96. The summed E-state index contributed by atoms with van der Waals surface area (Å²) < 4.78 is 2.70. The Labute approximate surface area is 115 Å². The van der Waals surface area contributed by atoms with Crippen LogP contribution in [0.5, 0.6) is 0 Å². The van der Waals surface area contributed by atoms with Gasteiger partial charge in [-0.15, -0.1) is 11.3 Å². The van der Waals surface area contributed by atoms with Gasteiger partial charge in [0.2, 0.25) is 0 Å². The van der Waals surface area contributed by atoms with Crippen LogP contribution in [0.15, 0.2) is 36.4 Å². The Morgan fingerprint density at radius 3 is 1.65 bits per heavy atom. The Balaban J connectivity index is 2.37. The third-order valence-corrected chi connectivity index (χ3v) is 4.85. The Hall–Kier alpha value is -0.640. The maximum atomic E-state index is 4.34. The van der Waals surface area contributed by atoms with Gasteiger partial charge in [0, 0.05) is 31.7 Å². The van der Waals surface area contributed by atoms with Crippen molar-refractivity contribution in [3.05, 3.63) is 47.5 Å². The van der Waals surface area contributed by atoms with Crippen LogP contribution in [0.25, 0.3) is 20.2 Å².